The molecule has 11 heteroatoms. The van der Waals surface area contributed by atoms with Gasteiger partial charge in [0.1, 0.15) is 11.4 Å². The number of pyridine rings is 1. The van der Waals surface area contributed by atoms with Crippen LogP contribution in [0.15, 0.2) is 42.6 Å². The molecule has 1 amide bonds. The van der Waals surface area contributed by atoms with Gasteiger partial charge in [-0.3, -0.25) is 14.5 Å². The van der Waals surface area contributed by atoms with Gasteiger partial charge in [-0.1, -0.05) is 30.3 Å². The minimum absolute atomic E-state index is 0.00838. The van der Waals surface area contributed by atoms with Crippen molar-refractivity contribution >= 4 is 16.8 Å². The molecule has 0 bridgehead atoms. The van der Waals surface area contributed by atoms with Gasteiger partial charge in [0.15, 0.2) is 11.4 Å². The molecule has 33 heavy (non-hydrogen) atoms. The third-order valence-corrected chi connectivity index (χ3v) is 5.37. The summed E-state index contributed by atoms with van der Waals surface area (Å²) in [4.78, 5) is 20.7. The highest BCUT2D eigenvalue weighted by Gasteiger charge is 2.23. The van der Waals surface area contributed by atoms with E-state index in [1.807, 2.05) is 37.3 Å². The summed E-state index contributed by atoms with van der Waals surface area (Å²) in [6.45, 7) is 4.07. The smallest absolute Gasteiger partial charge is 0.269 e. The second-order valence-electron chi connectivity index (χ2n) is 7.69. The standard InChI is InChI=1S/C22H21N9O2/c1-12-10-15-16(11-24-12)31(29-17(15)20(23)33)22-25-21(26-27-22)18-19(32)13(2)28-30(18)9-8-14-6-4-3-5-7-14/h3-7,10-11,32H,8-9H2,1-2H3,(H2,23,33)(H,25,26,27). The van der Waals surface area contributed by atoms with Crippen LogP contribution in [0.1, 0.15) is 27.4 Å². The maximum atomic E-state index is 11.9. The van der Waals surface area contributed by atoms with Crippen molar-refractivity contribution in [3.05, 3.63) is 65.2 Å². The first-order valence-corrected chi connectivity index (χ1v) is 10.3. The number of nitrogens with two attached hydrogens (primary N) is 1. The lowest BCUT2D eigenvalue weighted by molar-refractivity contribution is 0.0996. The van der Waals surface area contributed by atoms with E-state index >= 15 is 0 Å². The largest absolute Gasteiger partial charge is 0.504 e. The number of carbonyl (C=O) groups is 1. The number of aromatic nitrogens is 8. The fourth-order valence-electron chi connectivity index (χ4n) is 3.75. The van der Waals surface area contributed by atoms with Gasteiger partial charge in [0.05, 0.1) is 11.7 Å². The summed E-state index contributed by atoms with van der Waals surface area (Å²) < 4.78 is 3.11. The zero-order chi connectivity index (χ0) is 23.1. The van der Waals surface area contributed by atoms with Gasteiger partial charge in [-0.25, -0.2) is 5.10 Å². The minimum Gasteiger partial charge on any atom is -0.504 e. The van der Waals surface area contributed by atoms with Crippen LogP contribution in [0.3, 0.4) is 0 Å². The lowest BCUT2D eigenvalue weighted by atomic mass is 10.1. The van der Waals surface area contributed by atoms with Gasteiger partial charge >= 0.3 is 0 Å². The van der Waals surface area contributed by atoms with E-state index in [-0.39, 0.29) is 23.2 Å². The summed E-state index contributed by atoms with van der Waals surface area (Å²) in [6.07, 6.45) is 2.32. The van der Waals surface area contributed by atoms with Gasteiger partial charge in [-0.05, 0) is 31.9 Å². The van der Waals surface area contributed by atoms with E-state index in [0.717, 1.165) is 17.7 Å². The predicted octanol–water partition coefficient (Wildman–Crippen LogP) is 2.07. The Bertz CT molecular complexity index is 1480. The van der Waals surface area contributed by atoms with Crippen LogP contribution in [0.4, 0.5) is 0 Å². The molecule has 0 unspecified atom stereocenters. The van der Waals surface area contributed by atoms with E-state index in [1.165, 1.54) is 4.68 Å². The van der Waals surface area contributed by atoms with Crippen molar-refractivity contribution in [2.75, 3.05) is 0 Å². The van der Waals surface area contributed by atoms with Crippen molar-refractivity contribution in [1.82, 2.24) is 39.7 Å². The number of aryl methyl sites for hydroxylation is 4. The van der Waals surface area contributed by atoms with Crippen LogP contribution in [0.5, 0.6) is 5.75 Å². The van der Waals surface area contributed by atoms with Crippen LogP contribution >= 0.6 is 0 Å². The van der Waals surface area contributed by atoms with Crippen molar-refractivity contribution in [3.8, 4) is 23.2 Å². The van der Waals surface area contributed by atoms with Crippen LogP contribution in [-0.2, 0) is 13.0 Å². The molecule has 5 aromatic rings. The Hall–Kier alpha value is -4.54. The summed E-state index contributed by atoms with van der Waals surface area (Å²) in [7, 11) is 0. The average molecular weight is 443 g/mol. The maximum absolute atomic E-state index is 11.9. The number of aromatic amines is 1. The molecule has 5 rings (SSSR count). The van der Waals surface area contributed by atoms with Crippen LogP contribution in [0.2, 0.25) is 0 Å². The average Bonchev–Trinajstić information content (AvgIpc) is 3.49. The number of nitrogens with one attached hydrogen (secondary N) is 1. The summed E-state index contributed by atoms with van der Waals surface area (Å²) >= 11 is 0. The van der Waals surface area contributed by atoms with Gasteiger partial charge in [0.25, 0.3) is 5.91 Å². The number of fused-ring (bicyclic) bond motifs is 1. The van der Waals surface area contributed by atoms with Crippen molar-refractivity contribution < 1.29 is 9.90 Å². The third-order valence-electron chi connectivity index (χ3n) is 5.37. The SMILES string of the molecule is Cc1cc2c(C(N)=O)nn(-c3nc(-c4c(O)c(C)nn4CCc4ccccc4)n[nH]3)c2cn1. The fourth-order valence-corrected chi connectivity index (χ4v) is 3.75. The first-order valence-electron chi connectivity index (χ1n) is 10.3. The van der Waals surface area contributed by atoms with Crippen LogP contribution < -0.4 is 5.73 Å². The number of carbonyl (C=O) groups excluding carboxylic acids is 1. The molecule has 0 saturated heterocycles. The zero-order valence-electron chi connectivity index (χ0n) is 18.0. The van der Waals surface area contributed by atoms with Crippen LogP contribution in [0.25, 0.3) is 28.4 Å². The molecular formula is C22H21N9O2. The Labute approximate surface area is 187 Å². The molecule has 0 radical (unpaired) electrons. The second-order valence-corrected chi connectivity index (χ2v) is 7.69. The number of hydrogen-bond acceptors (Lipinski definition) is 7. The Kier molecular flexibility index (Phi) is 4.85. The highest BCUT2D eigenvalue weighted by atomic mass is 16.3. The Balaban J connectivity index is 1.54. The summed E-state index contributed by atoms with van der Waals surface area (Å²) in [6, 6.07) is 11.7. The molecule has 1 aromatic carbocycles. The first kappa shape index (κ1) is 20.4. The molecule has 11 nitrogen and oxygen atoms in total. The van der Waals surface area contributed by atoms with Gasteiger partial charge in [0, 0.05) is 17.6 Å². The molecule has 0 atom stereocenters. The number of hydrogen-bond donors (Lipinski definition) is 3. The van der Waals surface area contributed by atoms with Crippen molar-refractivity contribution in [2.45, 2.75) is 26.8 Å². The zero-order valence-corrected chi connectivity index (χ0v) is 18.0. The lowest BCUT2D eigenvalue weighted by Gasteiger charge is -2.05. The van der Waals surface area contributed by atoms with Gasteiger partial charge in [0.2, 0.25) is 11.8 Å². The predicted molar refractivity (Wildman–Crippen MR) is 120 cm³/mol. The van der Waals surface area contributed by atoms with E-state index in [9.17, 15) is 9.90 Å². The van der Waals surface area contributed by atoms with E-state index in [1.54, 1.807) is 23.9 Å². The monoisotopic (exact) mass is 443 g/mol. The Morgan fingerprint density at radius 2 is 1.97 bits per heavy atom. The molecular weight excluding hydrogens is 422 g/mol. The van der Waals surface area contributed by atoms with E-state index in [2.05, 4.69) is 30.4 Å². The van der Waals surface area contributed by atoms with E-state index in [4.69, 9.17) is 5.73 Å². The molecule has 0 spiro atoms. The molecule has 0 aliphatic rings. The molecule has 4 heterocycles. The van der Waals surface area contributed by atoms with Crippen molar-refractivity contribution in [2.24, 2.45) is 5.73 Å². The number of H-pyrrole nitrogens is 1. The summed E-state index contributed by atoms with van der Waals surface area (Å²) in [5.41, 5.74) is 8.93. The Morgan fingerprint density at radius 1 is 1.18 bits per heavy atom. The number of nitrogens with zero attached hydrogens (tertiary/aromatic N) is 7. The maximum Gasteiger partial charge on any atom is 0.269 e. The minimum atomic E-state index is -0.656. The van der Waals surface area contributed by atoms with Gasteiger partial charge in [-0.15, -0.1) is 0 Å². The molecule has 0 fully saturated rings. The number of aromatic hydroxyl groups is 1. The third kappa shape index (κ3) is 3.59. The normalized spacial score (nSPS) is 11.3. The first-order chi connectivity index (χ1) is 15.9. The van der Waals surface area contributed by atoms with Crippen molar-refractivity contribution in [3.63, 3.8) is 0 Å². The molecule has 4 N–H and O–H groups in total. The van der Waals surface area contributed by atoms with Crippen molar-refractivity contribution in [1.29, 1.82) is 0 Å². The number of amides is 1. The summed E-state index contributed by atoms with van der Waals surface area (Å²) in [5, 5.41) is 27.1. The van der Waals surface area contributed by atoms with Gasteiger partial charge < -0.3 is 10.8 Å². The van der Waals surface area contributed by atoms with Crippen LogP contribution in [0, 0.1) is 13.8 Å². The highest BCUT2D eigenvalue weighted by molar-refractivity contribution is 6.04. The number of primary amides is 1. The lowest BCUT2D eigenvalue weighted by Crippen LogP contribution is -2.12. The van der Waals surface area contributed by atoms with Gasteiger partial charge in [-0.2, -0.15) is 25.0 Å². The van der Waals surface area contributed by atoms with Crippen LogP contribution in [-0.4, -0.2) is 50.7 Å². The molecule has 0 aliphatic carbocycles. The molecule has 0 saturated carbocycles. The highest BCUT2D eigenvalue weighted by Crippen LogP contribution is 2.30. The number of benzene rings is 1. The van der Waals surface area contributed by atoms with E-state index < -0.39 is 5.91 Å². The fraction of sp³-hybridized carbons (Fsp3) is 0.182. The number of rotatable bonds is 6. The molecule has 4 aromatic heterocycles. The Morgan fingerprint density at radius 3 is 2.73 bits per heavy atom. The molecule has 166 valence electrons. The summed E-state index contributed by atoms with van der Waals surface area (Å²) in [5.74, 6) is -0.146. The quantitative estimate of drug-likeness (QED) is 0.363. The molecule has 0 aliphatic heterocycles. The van der Waals surface area contributed by atoms with E-state index in [0.29, 0.717) is 28.8 Å². The second kappa shape index (κ2) is 7.86. The topological polar surface area (TPSA) is 153 Å².